The summed E-state index contributed by atoms with van der Waals surface area (Å²) in [6, 6.07) is 0. The molecule has 2 nitrogen and oxygen atoms in total. The van der Waals surface area contributed by atoms with Crippen molar-refractivity contribution in [3.8, 4) is 0 Å². The Kier molecular flexibility index (Phi) is 9.94. The lowest BCUT2D eigenvalue weighted by atomic mass is 10.0. The first-order chi connectivity index (χ1) is 10.2. The molecule has 0 fully saturated rings. The Bertz CT molecular complexity index is 353. The van der Waals surface area contributed by atoms with Gasteiger partial charge in [-0.05, 0) is 25.8 Å². The molecule has 1 aliphatic heterocycles. The minimum atomic E-state index is -0.185. The molecule has 2 heteroatoms. The summed E-state index contributed by atoms with van der Waals surface area (Å²) in [7, 11) is 0. The molecule has 1 rings (SSSR count). The van der Waals surface area contributed by atoms with Crippen LogP contribution in [0.4, 0.5) is 0 Å². The summed E-state index contributed by atoms with van der Waals surface area (Å²) in [5, 5.41) is 0. The number of ether oxygens (including phenoxy) is 1. The van der Waals surface area contributed by atoms with Crippen LogP contribution in [0.25, 0.3) is 0 Å². The normalized spacial score (nSPS) is 16.4. The van der Waals surface area contributed by atoms with Crippen molar-refractivity contribution in [2.75, 3.05) is 0 Å². The first-order valence-electron chi connectivity index (χ1n) is 8.84. The van der Waals surface area contributed by atoms with Gasteiger partial charge < -0.3 is 4.74 Å². The van der Waals surface area contributed by atoms with Crippen LogP contribution >= 0.6 is 0 Å². The maximum absolute atomic E-state index is 11.4. The molecule has 0 N–H and O–H groups in total. The van der Waals surface area contributed by atoms with E-state index < -0.39 is 0 Å². The Labute approximate surface area is 130 Å². The van der Waals surface area contributed by atoms with E-state index in [0.29, 0.717) is 5.76 Å². The third-order valence-electron chi connectivity index (χ3n) is 4.02. The van der Waals surface area contributed by atoms with Gasteiger partial charge in [0, 0.05) is 0 Å². The number of unbranched alkanes of at least 4 members (excludes halogenated alkanes) is 11. The first kappa shape index (κ1) is 18.0. The highest BCUT2D eigenvalue weighted by Crippen LogP contribution is 2.18. The second-order valence-corrected chi connectivity index (χ2v) is 6.13. The van der Waals surface area contributed by atoms with Gasteiger partial charge >= 0.3 is 5.97 Å². The number of hydrogen-bond donors (Lipinski definition) is 0. The summed E-state index contributed by atoms with van der Waals surface area (Å²) in [5.41, 5.74) is 0.736. The molecule has 0 saturated carbocycles. The Morgan fingerprint density at radius 2 is 1.43 bits per heavy atom. The highest BCUT2D eigenvalue weighted by atomic mass is 16.5. The molecule has 0 saturated heterocycles. The van der Waals surface area contributed by atoms with Crippen molar-refractivity contribution in [3.05, 3.63) is 23.5 Å². The SMILES string of the molecule is CCCCCCCCCCCCC/C=C1\C=C(C)OC1=O. The Morgan fingerprint density at radius 3 is 1.90 bits per heavy atom. The van der Waals surface area contributed by atoms with Gasteiger partial charge in [-0.2, -0.15) is 0 Å². The van der Waals surface area contributed by atoms with Crippen LogP contribution in [-0.4, -0.2) is 5.97 Å². The summed E-state index contributed by atoms with van der Waals surface area (Å²) in [6.07, 6.45) is 19.8. The molecular weight excluding hydrogens is 260 g/mol. The zero-order valence-corrected chi connectivity index (χ0v) is 14.0. The van der Waals surface area contributed by atoms with E-state index in [1.165, 1.54) is 70.6 Å². The van der Waals surface area contributed by atoms with Gasteiger partial charge in [0.15, 0.2) is 0 Å². The van der Waals surface area contributed by atoms with E-state index in [1.807, 2.05) is 19.1 Å². The van der Waals surface area contributed by atoms with E-state index in [2.05, 4.69) is 6.92 Å². The van der Waals surface area contributed by atoms with Gasteiger partial charge in [-0.1, -0.05) is 77.2 Å². The highest BCUT2D eigenvalue weighted by Gasteiger charge is 2.16. The third-order valence-corrected chi connectivity index (χ3v) is 4.02. The van der Waals surface area contributed by atoms with Crippen LogP contribution in [0.2, 0.25) is 0 Å². The van der Waals surface area contributed by atoms with E-state index >= 15 is 0 Å². The topological polar surface area (TPSA) is 26.3 Å². The van der Waals surface area contributed by atoms with Crippen LogP contribution in [0.15, 0.2) is 23.5 Å². The highest BCUT2D eigenvalue weighted by molar-refractivity contribution is 5.94. The molecule has 0 atom stereocenters. The minimum Gasteiger partial charge on any atom is -0.428 e. The second-order valence-electron chi connectivity index (χ2n) is 6.13. The number of esters is 1. The van der Waals surface area contributed by atoms with Crippen molar-refractivity contribution in [2.45, 2.75) is 90.9 Å². The molecule has 1 aliphatic rings. The van der Waals surface area contributed by atoms with Crippen LogP contribution in [0.1, 0.15) is 90.9 Å². The van der Waals surface area contributed by atoms with Crippen molar-refractivity contribution < 1.29 is 9.53 Å². The predicted molar refractivity (Wildman–Crippen MR) is 89.0 cm³/mol. The smallest absolute Gasteiger partial charge is 0.342 e. The Morgan fingerprint density at radius 1 is 0.905 bits per heavy atom. The summed E-state index contributed by atoms with van der Waals surface area (Å²) in [6.45, 7) is 4.09. The zero-order chi connectivity index (χ0) is 15.3. The monoisotopic (exact) mass is 292 g/mol. The van der Waals surface area contributed by atoms with Gasteiger partial charge in [0.2, 0.25) is 0 Å². The average Bonchev–Trinajstić information content (AvgIpc) is 2.78. The zero-order valence-electron chi connectivity index (χ0n) is 14.0. The Balaban J connectivity index is 1.87. The number of cyclic esters (lactones) is 1. The molecule has 0 spiro atoms. The fourth-order valence-corrected chi connectivity index (χ4v) is 2.72. The van der Waals surface area contributed by atoms with Gasteiger partial charge in [0.05, 0.1) is 5.57 Å². The lowest BCUT2D eigenvalue weighted by molar-refractivity contribution is -0.133. The lowest BCUT2D eigenvalue weighted by Gasteiger charge is -2.01. The largest absolute Gasteiger partial charge is 0.428 e. The first-order valence-corrected chi connectivity index (χ1v) is 8.84. The molecular formula is C19H32O2. The van der Waals surface area contributed by atoms with Crippen LogP contribution < -0.4 is 0 Å². The summed E-state index contributed by atoms with van der Waals surface area (Å²) in [4.78, 5) is 11.4. The quantitative estimate of drug-likeness (QED) is 0.248. The fraction of sp³-hybridized carbons (Fsp3) is 0.737. The van der Waals surface area contributed by atoms with E-state index in [-0.39, 0.29) is 5.97 Å². The van der Waals surface area contributed by atoms with Crippen LogP contribution in [0, 0.1) is 0 Å². The number of carbonyl (C=O) groups is 1. The summed E-state index contributed by atoms with van der Waals surface area (Å²) < 4.78 is 4.99. The molecule has 0 aromatic heterocycles. The van der Waals surface area contributed by atoms with Crippen molar-refractivity contribution in [1.29, 1.82) is 0 Å². The molecule has 0 radical (unpaired) electrons. The number of carbonyl (C=O) groups excluding carboxylic acids is 1. The van der Waals surface area contributed by atoms with Gasteiger partial charge in [-0.25, -0.2) is 4.79 Å². The molecule has 0 bridgehead atoms. The molecule has 0 aromatic rings. The fourth-order valence-electron chi connectivity index (χ4n) is 2.72. The van der Waals surface area contributed by atoms with Crippen molar-refractivity contribution in [1.82, 2.24) is 0 Å². The van der Waals surface area contributed by atoms with E-state index in [9.17, 15) is 4.79 Å². The van der Waals surface area contributed by atoms with Gasteiger partial charge in [-0.3, -0.25) is 0 Å². The number of rotatable bonds is 12. The molecule has 0 unspecified atom stereocenters. The van der Waals surface area contributed by atoms with E-state index in [4.69, 9.17) is 4.74 Å². The Hall–Kier alpha value is -1.05. The second kappa shape index (κ2) is 11.6. The molecule has 120 valence electrons. The third kappa shape index (κ3) is 8.75. The summed E-state index contributed by atoms with van der Waals surface area (Å²) in [5.74, 6) is 0.528. The lowest BCUT2D eigenvalue weighted by Crippen LogP contribution is -1.96. The van der Waals surface area contributed by atoms with E-state index in [0.717, 1.165) is 12.0 Å². The number of hydrogen-bond acceptors (Lipinski definition) is 2. The van der Waals surface area contributed by atoms with Crippen molar-refractivity contribution in [3.63, 3.8) is 0 Å². The maximum atomic E-state index is 11.4. The van der Waals surface area contributed by atoms with Crippen molar-refractivity contribution >= 4 is 5.97 Å². The van der Waals surface area contributed by atoms with Gasteiger partial charge in [-0.15, -0.1) is 0 Å². The molecule has 0 aliphatic carbocycles. The maximum Gasteiger partial charge on any atom is 0.342 e. The molecule has 21 heavy (non-hydrogen) atoms. The molecule has 0 amide bonds. The minimum absolute atomic E-state index is 0.185. The van der Waals surface area contributed by atoms with Gasteiger partial charge in [0.1, 0.15) is 5.76 Å². The van der Waals surface area contributed by atoms with E-state index in [1.54, 1.807) is 0 Å². The van der Waals surface area contributed by atoms with Crippen LogP contribution in [0.5, 0.6) is 0 Å². The standard InChI is InChI=1S/C19H32O2/c1-3-4-5-6-7-8-9-10-11-12-13-14-15-18-16-17(2)21-19(18)20/h15-16H,3-14H2,1-2H3/b18-15+. The van der Waals surface area contributed by atoms with Crippen LogP contribution in [-0.2, 0) is 9.53 Å². The van der Waals surface area contributed by atoms with Crippen LogP contribution in [0.3, 0.4) is 0 Å². The van der Waals surface area contributed by atoms with Gasteiger partial charge in [0.25, 0.3) is 0 Å². The molecule has 1 heterocycles. The van der Waals surface area contributed by atoms with Crippen molar-refractivity contribution in [2.24, 2.45) is 0 Å². The predicted octanol–water partition coefficient (Wildman–Crippen LogP) is 6.07. The molecule has 0 aromatic carbocycles. The summed E-state index contributed by atoms with van der Waals surface area (Å²) >= 11 is 0. The number of allylic oxidation sites excluding steroid dienone is 2. The average molecular weight is 292 g/mol.